The summed E-state index contributed by atoms with van der Waals surface area (Å²) in [5.41, 5.74) is 6.01. The van der Waals surface area contributed by atoms with Crippen LogP contribution < -0.4 is 5.73 Å². The largest absolute Gasteiger partial charge is 0.329 e. The van der Waals surface area contributed by atoms with Gasteiger partial charge in [0.15, 0.2) is 0 Å². The van der Waals surface area contributed by atoms with Crippen LogP contribution in [0, 0.1) is 0 Å². The molecule has 1 atom stereocenters. The van der Waals surface area contributed by atoms with Crippen LogP contribution in [0.1, 0.15) is 50.4 Å². The Labute approximate surface area is 124 Å². The molecule has 0 aliphatic rings. The first-order chi connectivity index (χ1) is 8.72. The second-order valence-electron chi connectivity index (χ2n) is 4.64. The number of nitrogens with two attached hydrogens (primary N) is 1. The van der Waals surface area contributed by atoms with E-state index in [1.54, 1.807) is 0 Å². The van der Waals surface area contributed by atoms with E-state index in [9.17, 15) is 0 Å². The summed E-state index contributed by atoms with van der Waals surface area (Å²) in [6.07, 6.45) is 5.00. The van der Waals surface area contributed by atoms with Crippen molar-refractivity contribution in [1.29, 1.82) is 0 Å². The fraction of sp³-hybridized carbons (Fsp3) is 0.714. The van der Waals surface area contributed by atoms with E-state index in [-0.39, 0.29) is 0 Å². The maximum atomic E-state index is 6.01. The first-order valence-electron chi connectivity index (χ1n) is 6.92. The molecule has 0 aromatic carbocycles. The fourth-order valence-electron chi connectivity index (χ4n) is 2.10. The summed E-state index contributed by atoms with van der Waals surface area (Å²) in [7, 11) is 0. The van der Waals surface area contributed by atoms with E-state index in [2.05, 4.69) is 46.8 Å². The van der Waals surface area contributed by atoms with E-state index < -0.39 is 0 Å². The van der Waals surface area contributed by atoms with Crippen LogP contribution in [-0.2, 0) is 0 Å². The Morgan fingerprint density at radius 3 is 2.22 bits per heavy atom. The Balaban J connectivity index is 2.71. The molecule has 1 aromatic rings. The first kappa shape index (κ1) is 16.2. The third-order valence-electron chi connectivity index (χ3n) is 3.18. The molecule has 1 unspecified atom stereocenters. The van der Waals surface area contributed by atoms with Crippen molar-refractivity contribution in [1.82, 2.24) is 4.90 Å². The number of unbranched alkanes of at least 4 members (excludes halogenated alkanes) is 2. The molecule has 0 amide bonds. The topological polar surface area (TPSA) is 29.3 Å². The van der Waals surface area contributed by atoms with Crippen molar-refractivity contribution < 1.29 is 0 Å². The Morgan fingerprint density at radius 1 is 1.22 bits per heavy atom. The zero-order valence-electron chi connectivity index (χ0n) is 11.5. The standard InChI is InChI=1S/C14H25BrN2S/c1-3-5-9-17(10-6-4-2)12(11-16)13-7-8-14(15)18-13/h7-8,12H,3-6,9-11,16H2,1-2H3. The van der Waals surface area contributed by atoms with Gasteiger partial charge >= 0.3 is 0 Å². The van der Waals surface area contributed by atoms with E-state index in [4.69, 9.17) is 5.73 Å². The van der Waals surface area contributed by atoms with E-state index in [0.717, 1.165) is 13.1 Å². The van der Waals surface area contributed by atoms with E-state index in [1.807, 2.05) is 11.3 Å². The summed E-state index contributed by atoms with van der Waals surface area (Å²) in [5, 5.41) is 0. The predicted octanol–water partition coefficient (Wildman–Crippen LogP) is 4.41. The Bertz CT molecular complexity index is 319. The normalized spacial score (nSPS) is 13.2. The molecule has 0 radical (unpaired) electrons. The van der Waals surface area contributed by atoms with Gasteiger partial charge in [-0.05, 0) is 54.0 Å². The van der Waals surface area contributed by atoms with Gasteiger partial charge in [0.25, 0.3) is 0 Å². The third-order valence-corrected chi connectivity index (χ3v) is 4.91. The molecule has 1 aromatic heterocycles. The van der Waals surface area contributed by atoms with E-state index in [1.165, 1.54) is 34.3 Å². The van der Waals surface area contributed by atoms with Crippen molar-refractivity contribution in [2.75, 3.05) is 19.6 Å². The Morgan fingerprint density at radius 2 is 1.83 bits per heavy atom. The van der Waals surface area contributed by atoms with Gasteiger partial charge in [0, 0.05) is 11.4 Å². The van der Waals surface area contributed by atoms with Crippen LogP contribution in [0.25, 0.3) is 0 Å². The molecule has 1 rings (SSSR count). The molecule has 18 heavy (non-hydrogen) atoms. The molecular weight excluding hydrogens is 308 g/mol. The van der Waals surface area contributed by atoms with Crippen molar-refractivity contribution in [3.05, 3.63) is 20.8 Å². The molecule has 2 N–H and O–H groups in total. The number of rotatable bonds is 9. The quantitative estimate of drug-likeness (QED) is 0.725. The van der Waals surface area contributed by atoms with Crippen LogP contribution in [0.2, 0.25) is 0 Å². The summed E-state index contributed by atoms with van der Waals surface area (Å²) in [4.78, 5) is 3.95. The molecule has 2 nitrogen and oxygen atoms in total. The van der Waals surface area contributed by atoms with Gasteiger partial charge in [0.1, 0.15) is 0 Å². The Hall–Kier alpha value is 0.1000. The van der Waals surface area contributed by atoms with Gasteiger partial charge in [-0.3, -0.25) is 4.90 Å². The van der Waals surface area contributed by atoms with Crippen LogP contribution in [0.15, 0.2) is 15.9 Å². The lowest BCUT2D eigenvalue weighted by molar-refractivity contribution is 0.198. The molecule has 0 aliphatic heterocycles. The highest BCUT2D eigenvalue weighted by Gasteiger charge is 2.19. The van der Waals surface area contributed by atoms with Crippen molar-refractivity contribution in [2.24, 2.45) is 5.73 Å². The van der Waals surface area contributed by atoms with E-state index in [0.29, 0.717) is 12.6 Å². The second kappa shape index (κ2) is 9.08. The summed E-state index contributed by atoms with van der Waals surface area (Å²) in [6, 6.07) is 4.72. The highest BCUT2D eigenvalue weighted by atomic mass is 79.9. The smallest absolute Gasteiger partial charge is 0.0702 e. The molecular formula is C14H25BrN2S. The molecule has 0 fully saturated rings. The van der Waals surface area contributed by atoms with Gasteiger partial charge in [-0.1, -0.05) is 26.7 Å². The third kappa shape index (κ3) is 5.00. The van der Waals surface area contributed by atoms with Crippen LogP contribution in [-0.4, -0.2) is 24.5 Å². The van der Waals surface area contributed by atoms with Crippen LogP contribution in [0.4, 0.5) is 0 Å². The highest BCUT2D eigenvalue weighted by Crippen LogP contribution is 2.30. The average molecular weight is 333 g/mol. The molecule has 0 bridgehead atoms. The molecule has 104 valence electrons. The van der Waals surface area contributed by atoms with Gasteiger partial charge in [-0.25, -0.2) is 0 Å². The van der Waals surface area contributed by atoms with Crippen molar-refractivity contribution in [3.8, 4) is 0 Å². The lowest BCUT2D eigenvalue weighted by atomic mass is 10.1. The number of hydrogen-bond donors (Lipinski definition) is 1. The van der Waals surface area contributed by atoms with Gasteiger partial charge < -0.3 is 5.73 Å². The van der Waals surface area contributed by atoms with Crippen molar-refractivity contribution in [3.63, 3.8) is 0 Å². The summed E-state index contributed by atoms with van der Waals surface area (Å²) >= 11 is 5.35. The van der Waals surface area contributed by atoms with Crippen molar-refractivity contribution in [2.45, 2.75) is 45.6 Å². The molecule has 1 heterocycles. The fourth-order valence-corrected chi connectivity index (χ4v) is 3.67. The summed E-state index contributed by atoms with van der Waals surface area (Å²) < 4.78 is 1.20. The maximum absolute atomic E-state index is 6.01. The number of halogens is 1. The summed E-state index contributed by atoms with van der Waals surface area (Å²) in [5.74, 6) is 0. The molecule has 0 spiro atoms. The molecule has 0 saturated heterocycles. The lowest BCUT2D eigenvalue weighted by Crippen LogP contribution is -2.34. The molecule has 4 heteroatoms. The highest BCUT2D eigenvalue weighted by molar-refractivity contribution is 9.11. The maximum Gasteiger partial charge on any atom is 0.0702 e. The first-order valence-corrected chi connectivity index (χ1v) is 8.53. The van der Waals surface area contributed by atoms with Gasteiger partial charge in [0.05, 0.1) is 9.83 Å². The van der Waals surface area contributed by atoms with Gasteiger partial charge in [-0.2, -0.15) is 0 Å². The molecule has 0 aliphatic carbocycles. The average Bonchev–Trinajstić information content (AvgIpc) is 2.79. The minimum Gasteiger partial charge on any atom is -0.329 e. The second-order valence-corrected chi connectivity index (χ2v) is 7.13. The number of thiophene rings is 1. The number of hydrogen-bond acceptors (Lipinski definition) is 3. The zero-order valence-corrected chi connectivity index (χ0v) is 13.9. The molecule has 0 saturated carbocycles. The van der Waals surface area contributed by atoms with Crippen LogP contribution >= 0.6 is 27.3 Å². The Kier molecular flexibility index (Phi) is 8.15. The van der Waals surface area contributed by atoms with Crippen molar-refractivity contribution >= 4 is 27.3 Å². The predicted molar refractivity (Wildman–Crippen MR) is 85.2 cm³/mol. The van der Waals surface area contributed by atoms with E-state index >= 15 is 0 Å². The lowest BCUT2D eigenvalue weighted by Gasteiger charge is -2.30. The number of nitrogens with zero attached hydrogens (tertiary/aromatic N) is 1. The monoisotopic (exact) mass is 332 g/mol. The van der Waals surface area contributed by atoms with Crippen LogP contribution in [0.5, 0.6) is 0 Å². The van der Waals surface area contributed by atoms with Gasteiger partial charge in [-0.15, -0.1) is 11.3 Å². The summed E-state index contributed by atoms with van der Waals surface area (Å²) in [6.45, 7) is 7.52. The van der Waals surface area contributed by atoms with Gasteiger partial charge in [0.2, 0.25) is 0 Å². The minimum absolute atomic E-state index is 0.388. The zero-order chi connectivity index (χ0) is 13.4. The van der Waals surface area contributed by atoms with Crippen LogP contribution in [0.3, 0.4) is 0 Å². The minimum atomic E-state index is 0.388. The SMILES string of the molecule is CCCCN(CCCC)C(CN)c1ccc(Br)s1.